The minimum atomic E-state index is -0.477. The predicted octanol–water partition coefficient (Wildman–Crippen LogP) is -0.433. The van der Waals surface area contributed by atoms with Crippen LogP contribution >= 0.6 is 0 Å². The molecule has 1 saturated heterocycles. The molecule has 0 aromatic rings. The van der Waals surface area contributed by atoms with Gasteiger partial charge in [-0.15, -0.1) is 0 Å². The summed E-state index contributed by atoms with van der Waals surface area (Å²) in [5, 5.41) is 0. The van der Waals surface area contributed by atoms with E-state index in [0.717, 1.165) is 17.7 Å². The van der Waals surface area contributed by atoms with Gasteiger partial charge in [-0.25, -0.2) is 4.79 Å². The maximum absolute atomic E-state index is 12.1. The Hall–Kier alpha value is -1.14. The number of carbonyl (C=O) groups is 2. The molecule has 0 aromatic heterocycles. The number of hydrogen-bond acceptors (Lipinski definition) is 5. The van der Waals surface area contributed by atoms with Crippen molar-refractivity contribution in [3.63, 3.8) is 0 Å². The highest BCUT2D eigenvalue weighted by Crippen LogP contribution is 1.98. The Balaban J connectivity index is 2.57. The number of quaternary nitrogens is 1. The Labute approximate surface area is 120 Å². The summed E-state index contributed by atoms with van der Waals surface area (Å²) in [7, 11) is 0. The molecule has 6 nitrogen and oxygen atoms in total. The Morgan fingerprint density at radius 1 is 1.10 bits per heavy atom. The first-order valence-corrected chi connectivity index (χ1v) is 7.43. The van der Waals surface area contributed by atoms with Crippen molar-refractivity contribution in [1.82, 2.24) is 0 Å². The number of carbonyl (C=O) groups excluding carboxylic acids is 2. The van der Waals surface area contributed by atoms with Gasteiger partial charge in [0, 0.05) is 0 Å². The van der Waals surface area contributed by atoms with Crippen LogP contribution in [0.25, 0.3) is 0 Å². The highest BCUT2D eigenvalue weighted by molar-refractivity contribution is 5.81. The SMILES string of the molecule is CCCOC(=O)C[C@H](C(=O)OCCC)[NH+]1CCOCC1. The molecule has 0 aromatic carbocycles. The van der Waals surface area contributed by atoms with Crippen molar-refractivity contribution in [2.24, 2.45) is 0 Å². The fourth-order valence-corrected chi connectivity index (χ4v) is 2.12. The van der Waals surface area contributed by atoms with E-state index in [0.29, 0.717) is 39.5 Å². The zero-order valence-corrected chi connectivity index (χ0v) is 12.5. The van der Waals surface area contributed by atoms with Crippen LogP contribution in [0, 0.1) is 0 Å². The summed E-state index contributed by atoms with van der Waals surface area (Å²) in [6, 6.07) is -0.477. The quantitative estimate of drug-likeness (QED) is 0.614. The molecular formula is C14H26NO5+. The van der Waals surface area contributed by atoms with Crippen LogP contribution in [0.2, 0.25) is 0 Å². The summed E-state index contributed by atoms with van der Waals surface area (Å²) >= 11 is 0. The standard InChI is InChI=1S/C14H25NO5/c1-3-7-19-13(16)11-12(14(17)20-8-4-2)15-5-9-18-10-6-15/h12H,3-11H2,1-2H3/p+1/t12-/m1/s1. The Morgan fingerprint density at radius 3 is 2.30 bits per heavy atom. The average Bonchev–Trinajstić information content (AvgIpc) is 2.49. The van der Waals surface area contributed by atoms with E-state index in [1.807, 2.05) is 13.8 Å². The summed E-state index contributed by atoms with van der Waals surface area (Å²) in [6.45, 7) is 7.32. The van der Waals surface area contributed by atoms with E-state index in [4.69, 9.17) is 14.2 Å². The lowest BCUT2D eigenvalue weighted by molar-refractivity contribution is -0.923. The van der Waals surface area contributed by atoms with Gasteiger partial charge in [0.05, 0.1) is 26.4 Å². The summed E-state index contributed by atoms with van der Waals surface area (Å²) in [6.07, 6.45) is 1.64. The number of nitrogens with one attached hydrogen (secondary N) is 1. The molecule has 0 bridgehead atoms. The lowest BCUT2D eigenvalue weighted by Gasteiger charge is -2.29. The van der Waals surface area contributed by atoms with Crippen molar-refractivity contribution >= 4 is 11.9 Å². The van der Waals surface area contributed by atoms with Gasteiger partial charge in [0.25, 0.3) is 0 Å². The van der Waals surface area contributed by atoms with Crippen LogP contribution in [0.15, 0.2) is 0 Å². The van der Waals surface area contributed by atoms with Crippen molar-refractivity contribution in [3.8, 4) is 0 Å². The van der Waals surface area contributed by atoms with Gasteiger partial charge in [0.15, 0.2) is 6.04 Å². The third-order valence-corrected chi connectivity index (χ3v) is 3.20. The Bertz CT molecular complexity index is 302. The third kappa shape index (κ3) is 5.88. The number of morpholine rings is 1. The Kier molecular flexibility index (Phi) is 8.22. The molecule has 20 heavy (non-hydrogen) atoms. The topological polar surface area (TPSA) is 66.3 Å². The van der Waals surface area contributed by atoms with Crippen molar-refractivity contribution in [2.75, 3.05) is 39.5 Å². The number of ether oxygens (including phenoxy) is 3. The van der Waals surface area contributed by atoms with Gasteiger partial charge in [-0.1, -0.05) is 13.8 Å². The molecule has 6 heteroatoms. The van der Waals surface area contributed by atoms with E-state index in [-0.39, 0.29) is 18.4 Å². The maximum atomic E-state index is 12.1. The molecule has 0 amide bonds. The van der Waals surface area contributed by atoms with Gasteiger partial charge in [-0.3, -0.25) is 4.79 Å². The first-order chi connectivity index (χ1) is 9.69. The number of esters is 2. The molecule has 0 saturated carbocycles. The highest BCUT2D eigenvalue weighted by atomic mass is 16.5. The normalized spacial score (nSPS) is 17.5. The number of hydrogen-bond donors (Lipinski definition) is 1. The Morgan fingerprint density at radius 2 is 1.70 bits per heavy atom. The second-order valence-corrected chi connectivity index (χ2v) is 4.92. The molecule has 1 rings (SSSR count). The van der Waals surface area contributed by atoms with E-state index >= 15 is 0 Å². The zero-order chi connectivity index (χ0) is 14.8. The van der Waals surface area contributed by atoms with Gasteiger partial charge in [0.2, 0.25) is 0 Å². The summed E-state index contributed by atoms with van der Waals surface area (Å²) < 4.78 is 15.6. The molecule has 0 radical (unpaired) electrons. The molecule has 0 aliphatic carbocycles. The fourth-order valence-electron chi connectivity index (χ4n) is 2.12. The van der Waals surface area contributed by atoms with Gasteiger partial charge >= 0.3 is 11.9 Å². The minimum absolute atomic E-state index is 0.0812. The van der Waals surface area contributed by atoms with E-state index in [1.54, 1.807) is 0 Å². The second kappa shape index (κ2) is 9.72. The third-order valence-electron chi connectivity index (χ3n) is 3.20. The van der Waals surface area contributed by atoms with Crippen molar-refractivity contribution in [2.45, 2.75) is 39.2 Å². The first-order valence-electron chi connectivity index (χ1n) is 7.43. The van der Waals surface area contributed by atoms with Crippen molar-refractivity contribution in [3.05, 3.63) is 0 Å². The smallest absolute Gasteiger partial charge is 0.365 e. The lowest BCUT2D eigenvalue weighted by Crippen LogP contribution is -3.18. The minimum Gasteiger partial charge on any atom is -0.466 e. The molecule has 1 aliphatic rings. The summed E-state index contributed by atoms with van der Waals surface area (Å²) in [5.74, 6) is -0.638. The fraction of sp³-hybridized carbons (Fsp3) is 0.857. The zero-order valence-electron chi connectivity index (χ0n) is 12.5. The van der Waals surface area contributed by atoms with Gasteiger partial charge in [0.1, 0.15) is 19.5 Å². The number of rotatable bonds is 8. The molecule has 0 unspecified atom stereocenters. The van der Waals surface area contributed by atoms with Gasteiger partial charge in [-0.2, -0.15) is 0 Å². The first kappa shape index (κ1) is 16.9. The van der Waals surface area contributed by atoms with Crippen LogP contribution in [-0.4, -0.2) is 57.5 Å². The van der Waals surface area contributed by atoms with Crippen molar-refractivity contribution in [1.29, 1.82) is 0 Å². The van der Waals surface area contributed by atoms with Crippen LogP contribution in [0.3, 0.4) is 0 Å². The van der Waals surface area contributed by atoms with E-state index in [2.05, 4.69) is 0 Å². The molecule has 1 N–H and O–H groups in total. The predicted molar refractivity (Wildman–Crippen MR) is 72.4 cm³/mol. The van der Waals surface area contributed by atoms with Crippen molar-refractivity contribution < 1.29 is 28.7 Å². The monoisotopic (exact) mass is 288 g/mol. The summed E-state index contributed by atoms with van der Waals surface area (Å²) in [4.78, 5) is 24.9. The molecule has 116 valence electrons. The average molecular weight is 288 g/mol. The molecule has 1 atom stereocenters. The van der Waals surface area contributed by atoms with E-state index < -0.39 is 6.04 Å². The molecule has 0 spiro atoms. The molecule has 1 heterocycles. The maximum Gasteiger partial charge on any atom is 0.365 e. The molecule has 1 aliphatic heterocycles. The lowest BCUT2D eigenvalue weighted by atomic mass is 10.1. The highest BCUT2D eigenvalue weighted by Gasteiger charge is 2.35. The second-order valence-electron chi connectivity index (χ2n) is 4.92. The van der Waals surface area contributed by atoms with E-state index in [9.17, 15) is 9.59 Å². The van der Waals surface area contributed by atoms with Crippen LogP contribution < -0.4 is 4.90 Å². The molecular weight excluding hydrogens is 262 g/mol. The van der Waals surface area contributed by atoms with Crippen LogP contribution in [-0.2, 0) is 23.8 Å². The molecule has 1 fully saturated rings. The summed E-state index contributed by atoms with van der Waals surface area (Å²) in [5.41, 5.74) is 0. The van der Waals surface area contributed by atoms with Crippen LogP contribution in [0.1, 0.15) is 33.1 Å². The van der Waals surface area contributed by atoms with Gasteiger partial charge < -0.3 is 19.1 Å². The van der Waals surface area contributed by atoms with E-state index in [1.165, 1.54) is 0 Å². The largest absolute Gasteiger partial charge is 0.466 e. The van der Waals surface area contributed by atoms with Crippen LogP contribution in [0.4, 0.5) is 0 Å². The van der Waals surface area contributed by atoms with Crippen LogP contribution in [0.5, 0.6) is 0 Å². The van der Waals surface area contributed by atoms with Gasteiger partial charge in [-0.05, 0) is 12.8 Å².